The van der Waals surface area contributed by atoms with Crippen molar-refractivity contribution < 1.29 is 9.52 Å². The second-order valence-electron chi connectivity index (χ2n) is 5.59. The van der Waals surface area contributed by atoms with Gasteiger partial charge in [0.2, 0.25) is 0 Å². The number of nitrogens with one attached hydrogen (secondary N) is 1. The number of hydrogen-bond donors (Lipinski definition) is 2. The molecule has 1 aromatic carbocycles. The van der Waals surface area contributed by atoms with Crippen LogP contribution >= 0.6 is 0 Å². The third kappa shape index (κ3) is 3.26. The first-order valence-corrected chi connectivity index (χ1v) is 7.49. The van der Waals surface area contributed by atoms with Crippen LogP contribution in [0.25, 0.3) is 6.08 Å². The van der Waals surface area contributed by atoms with E-state index in [0.29, 0.717) is 13.1 Å². The molecule has 3 nitrogen and oxygen atoms in total. The van der Waals surface area contributed by atoms with Crippen LogP contribution in [-0.2, 0) is 12.0 Å². The Hall–Kier alpha value is -1.84. The van der Waals surface area contributed by atoms with Crippen molar-refractivity contribution >= 4 is 6.08 Å². The Morgan fingerprint density at radius 1 is 1.24 bits per heavy atom. The molecule has 0 amide bonds. The summed E-state index contributed by atoms with van der Waals surface area (Å²) in [7, 11) is 0. The molecule has 1 atom stereocenters. The zero-order chi connectivity index (χ0) is 14.5. The lowest BCUT2D eigenvalue weighted by molar-refractivity contribution is 0.0202. The van der Waals surface area contributed by atoms with E-state index < -0.39 is 5.60 Å². The summed E-state index contributed by atoms with van der Waals surface area (Å²) < 4.78 is 5.23. The van der Waals surface area contributed by atoms with E-state index in [1.54, 1.807) is 6.26 Å². The molecule has 0 saturated carbocycles. The molecule has 0 spiro atoms. The van der Waals surface area contributed by atoms with Gasteiger partial charge in [0.25, 0.3) is 0 Å². The monoisotopic (exact) mass is 283 g/mol. The van der Waals surface area contributed by atoms with Crippen LogP contribution < -0.4 is 5.32 Å². The van der Waals surface area contributed by atoms with E-state index in [2.05, 4.69) is 17.4 Å². The molecule has 0 fully saturated rings. The van der Waals surface area contributed by atoms with Gasteiger partial charge in [-0.3, -0.25) is 0 Å². The summed E-state index contributed by atoms with van der Waals surface area (Å²) in [5, 5.41) is 14.2. The largest absolute Gasteiger partial charge is 0.465 e. The van der Waals surface area contributed by atoms with Crippen molar-refractivity contribution in [1.29, 1.82) is 0 Å². The quantitative estimate of drug-likeness (QED) is 0.829. The van der Waals surface area contributed by atoms with Gasteiger partial charge < -0.3 is 14.8 Å². The normalized spacial score (nSPS) is 21.6. The van der Waals surface area contributed by atoms with Crippen LogP contribution in [-0.4, -0.2) is 18.2 Å². The Bertz CT molecular complexity index is 603. The van der Waals surface area contributed by atoms with Gasteiger partial charge in [0, 0.05) is 13.1 Å². The molecule has 0 radical (unpaired) electrons. The Morgan fingerprint density at radius 3 is 3.00 bits per heavy atom. The number of rotatable bonds is 5. The van der Waals surface area contributed by atoms with Gasteiger partial charge in [0.15, 0.2) is 0 Å². The third-order valence-electron chi connectivity index (χ3n) is 4.06. The molecular formula is C18H21NO2. The van der Waals surface area contributed by atoms with Crippen LogP contribution in [0.5, 0.6) is 0 Å². The van der Waals surface area contributed by atoms with Gasteiger partial charge in [-0.05, 0) is 48.6 Å². The summed E-state index contributed by atoms with van der Waals surface area (Å²) in [6.45, 7) is 1.29. The first kappa shape index (κ1) is 14.1. The SMILES string of the molecule is OC1(CNC/C=C/c2ccco2)CCCc2ccccc21. The van der Waals surface area contributed by atoms with E-state index in [1.807, 2.05) is 36.4 Å². The van der Waals surface area contributed by atoms with E-state index in [4.69, 9.17) is 4.42 Å². The zero-order valence-corrected chi connectivity index (χ0v) is 12.1. The summed E-state index contributed by atoms with van der Waals surface area (Å²) in [5.41, 5.74) is 1.62. The van der Waals surface area contributed by atoms with Crippen LogP contribution in [0.2, 0.25) is 0 Å². The molecule has 110 valence electrons. The van der Waals surface area contributed by atoms with Crippen LogP contribution in [0, 0.1) is 0 Å². The molecule has 2 aromatic rings. The predicted octanol–water partition coefficient (Wildman–Crippen LogP) is 3.11. The Labute approximate surface area is 125 Å². The molecule has 1 aliphatic carbocycles. The molecule has 21 heavy (non-hydrogen) atoms. The lowest BCUT2D eigenvalue weighted by Gasteiger charge is -2.34. The van der Waals surface area contributed by atoms with Gasteiger partial charge in [-0.15, -0.1) is 0 Å². The topological polar surface area (TPSA) is 45.4 Å². The summed E-state index contributed by atoms with van der Waals surface area (Å²) in [6.07, 6.45) is 8.53. The molecule has 1 aliphatic rings. The maximum atomic E-state index is 10.9. The smallest absolute Gasteiger partial charge is 0.126 e. The minimum Gasteiger partial charge on any atom is -0.465 e. The van der Waals surface area contributed by atoms with Gasteiger partial charge >= 0.3 is 0 Å². The highest BCUT2D eigenvalue weighted by atomic mass is 16.3. The van der Waals surface area contributed by atoms with Gasteiger partial charge in [-0.1, -0.05) is 30.3 Å². The molecule has 1 aromatic heterocycles. The van der Waals surface area contributed by atoms with Crippen LogP contribution in [0.1, 0.15) is 29.7 Å². The summed E-state index contributed by atoms with van der Waals surface area (Å²) in [6, 6.07) is 12.0. The van der Waals surface area contributed by atoms with E-state index >= 15 is 0 Å². The number of aliphatic hydroxyl groups is 1. The van der Waals surface area contributed by atoms with Crippen LogP contribution in [0.3, 0.4) is 0 Å². The van der Waals surface area contributed by atoms with Crippen molar-refractivity contribution in [3.05, 3.63) is 65.6 Å². The molecule has 2 N–H and O–H groups in total. The minimum absolute atomic E-state index is 0.576. The fraction of sp³-hybridized carbons (Fsp3) is 0.333. The predicted molar refractivity (Wildman–Crippen MR) is 83.9 cm³/mol. The van der Waals surface area contributed by atoms with Crippen molar-refractivity contribution in [1.82, 2.24) is 5.32 Å². The first-order chi connectivity index (χ1) is 10.3. The van der Waals surface area contributed by atoms with Gasteiger partial charge in [-0.2, -0.15) is 0 Å². The highest BCUT2D eigenvalue weighted by Gasteiger charge is 2.33. The number of fused-ring (bicyclic) bond motifs is 1. The van der Waals surface area contributed by atoms with E-state index in [1.165, 1.54) is 5.56 Å². The molecule has 3 rings (SSSR count). The van der Waals surface area contributed by atoms with E-state index in [0.717, 1.165) is 30.6 Å². The van der Waals surface area contributed by atoms with Gasteiger partial charge in [0.05, 0.1) is 6.26 Å². The lowest BCUT2D eigenvalue weighted by atomic mass is 9.79. The minimum atomic E-state index is -0.743. The van der Waals surface area contributed by atoms with Crippen LogP contribution in [0.15, 0.2) is 53.2 Å². The standard InChI is InChI=1S/C18H21NO2/c20-18(11-3-7-15-6-1-2-10-17(15)18)14-19-12-4-8-16-9-5-13-21-16/h1-2,4-6,8-10,13,19-20H,3,7,11-12,14H2/b8-4+. The number of aryl methyl sites for hydroxylation is 1. The van der Waals surface area contributed by atoms with Crippen molar-refractivity contribution in [2.24, 2.45) is 0 Å². The average molecular weight is 283 g/mol. The summed E-state index contributed by atoms with van der Waals surface area (Å²) in [4.78, 5) is 0. The molecule has 0 bridgehead atoms. The zero-order valence-electron chi connectivity index (χ0n) is 12.1. The second-order valence-corrected chi connectivity index (χ2v) is 5.59. The molecule has 1 heterocycles. The molecular weight excluding hydrogens is 262 g/mol. The van der Waals surface area contributed by atoms with Crippen LogP contribution in [0.4, 0.5) is 0 Å². The van der Waals surface area contributed by atoms with E-state index in [-0.39, 0.29) is 0 Å². The number of hydrogen-bond acceptors (Lipinski definition) is 3. The fourth-order valence-corrected chi connectivity index (χ4v) is 3.01. The Balaban J connectivity index is 1.58. The number of furan rings is 1. The Morgan fingerprint density at radius 2 is 2.14 bits per heavy atom. The van der Waals surface area contributed by atoms with Crippen molar-refractivity contribution in [2.45, 2.75) is 24.9 Å². The maximum absolute atomic E-state index is 10.9. The lowest BCUT2D eigenvalue weighted by Crippen LogP contribution is -2.40. The first-order valence-electron chi connectivity index (χ1n) is 7.49. The fourth-order valence-electron chi connectivity index (χ4n) is 3.01. The van der Waals surface area contributed by atoms with Gasteiger partial charge in [-0.25, -0.2) is 0 Å². The average Bonchev–Trinajstić information content (AvgIpc) is 3.01. The second kappa shape index (κ2) is 6.29. The van der Waals surface area contributed by atoms with E-state index in [9.17, 15) is 5.11 Å². The highest BCUT2D eigenvalue weighted by molar-refractivity contribution is 5.42. The third-order valence-corrected chi connectivity index (χ3v) is 4.06. The summed E-state index contributed by atoms with van der Waals surface area (Å²) >= 11 is 0. The van der Waals surface area contributed by atoms with Crippen molar-refractivity contribution in [2.75, 3.05) is 13.1 Å². The van der Waals surface area contributed by atoms with Crippen molar-refractivity contribution in [3.63, 3.8) is 0 Å². The molecule has 1 unspecified atom stereocenters. The molecule has 0 saturated heterocycles. The molecule has 0 aliphatic heterocycles. The number of benzene rings is 1. The van der Waals surface area contributed by atoms with Gasteiger partial charge in [0.1, 0.15) is 11.4 Å². The maximum Gasteiger partial charge on any atom is 0.126 e. The summed E-state index contributed by atoms with van der Waals surface area (Å²) in [5.74, 6) is 0.846. The highest BCUT2D eigenvalue weighted by Crippen LogP contribution is 2.34. The Kier molecular flexibility index (Phi) is 4.23. The molecule has 3 heteroatoms. The van der Waals surface area contributed by atoms with Crippen molar-refractivity contribution in [3.8, 4) is 0 Å².